The van der Waals surface area contributed by atoms with Crippen molar-refractivity contribution in [2.24, 2.45) is 0 Å². The molecule has 1 saturated heterocycles. The lowest BCUT2D eigenvalue weighted by atomic mass is 9.88. The molecule has 2 aromatic carbocycles. The van der Waals surface area contributed by atoms with Crippen molar-refractivity contribution < 1.29 is 36.5 Å². The molecule has 0 bridgehead atoms. The van der Waals surface area contributed by atoms with Gasteiger partial charge in [0.25, 0.3) is 0 Å². The molecule has 1 saturated carbocycles. The normalized spacial score (nSPS) is 22.8. The van der Waals surface area contributed by atoms with Crippen molar-refractivity contribution in [3.63, 3.8) is 0 Å². The molecule has 4 aromatic rings. The minimum absolute atomic E-state index is 0.0101. The van der Waals surface area contributed by atoms with Gasteiger partial charge < -0.3 is 25.2 Å². The van der Waals surface area contributed by atoms with Crippen molar-refractivity contribution in [3.05, 3.63) is 35.4 Å². The molecule has 0 amide bonds. The number of ether oxygens (including phenoxy) is 2. The number of halogens is 5. The monoisotopic (exact) mass is 624 g/mol. The molecule has 0 spiro atoms. The molecule has 1 aliphatic carbocycles. The van der Waals surface area contributed by atoms with Gasteiger partial charge in [0.05, 0.1) is 28.0 Å². The van der Waals surface area contributed by atoms with Crippen molar-refractivity contribution in [1.29, 1.82) is 0 Å². The van der Waals surface area contributed by atoms with Crippen LogP contribution in [0.25, 0.3) is 32.2 Å². The zero-order valence-corrected chi connectivity index (χ0v) is 24.3. The number of anilines is 2. The molecule has 15 heteroatoms. The average Bonchev–Trinajstić information content (AvgIpc) is 3.51. The first-order chi connectivity index (χ1) is 20.3. The van der Waals surface area contributed by atoms with Gasteiger partial charge in [0.15, 0.2) is 10.9 Å². The summed E-state index contributed by atoms with van der Waals surface area (Å²) in [7, 11) is 5.16. The van der Waals surface area contributed by atoms with Crippen LogP contribution in [-0.2, 0) is 10.9 Å². The third-order valence-electron chi connectivity index (χ3n) is 8.34. The maximum absolute atomic E-state index is 16.6. The largest absolute Gasteiger partial charge is 0.462 e. The molecule has 1 aliphatic heterocycles. The standard InChI is InChI=1S/C28H29F5N6O3S/c1-38-10-15(41-3)8-13(38)11-42-27-36-22-17(25(37-27)39(2)12-6-14(40)7-12)9-18(28(31,32)33)20(21(22)30)16-4-5-19(29)24-23(16)35-26(34)43-24/h4-5,9,12-15,40H,6-8,10-11H2,1-3H3,(H2,34,35)/t12?,13-,14?,15+/m0/s1. The molecule has 9 nitrogen and oxygen atoms in total. The highest BCUT2D eigenvalue weighted by Crippen LogP contribution is 2.46. The highest BCUT2D eigenvalue weighted by molar-refractivity contribution is 7.22. The molecule has 0 unspecified atom stereocenters. The Balaban J connectivity index is 1.54. The minimum Gasteiger partial charge on any atom is -0.462 e. The first-order valence-corrected chi connectivity index (χ1v) is 14.4. The summed E-state index contributed by atoms with van der Waals surface area (Å²) >= 11 is 0.754. The molecule has 2 atom stereocenters. The number of benzene rings is 2. The second-order valence-corrected chi connectivity index (χ2v) is 12.1. The van der Waals surface area contributed by atoms with Gasteiger partial charge in [-0.1, -0.05) is 11.3 Å². The summed E-state index contributed by atoms with van der Waals surface area (Å²) < 4.78 is 86.2. The van der Waals surface area contributed by atoms with Crippen LogP contribution in [0.2, 0.25) is 0 Å². The number of hydrogen-bond acceptors (Lipinski definition) is 10. The van der Waals surface area contributed by atoms with Crippen molar-refractivity contribution in [2.45, 2.75) is 49.7 Å². The maximum Gasteiger partial charge on any atom is 0.417 e. The number of aromatic nitrogens is 3. The van der Waals surface area contributed by atoms with Crippen molar-refractivity contribution in [3.8, 4) is 17.1 Å². The predicted molar refractivity (Wildman–Crippen MR) is 152 cm³/mol. The topological polar surface area (TPSA) is 110 Å². The first-order valence-electron chi connectivity index (χ1n) is 13.6. The maximum atomic E-state index is 16.6. The number of alkyl halides is 3. The number of nitrogens with zero attached hydrogens (tertiary/aromatic N) is 5. The van der Waals surface area contributed by atoms with E-state index in [0.717, 1.165) is 29.5 Å². The van der Waals surface area contributed by atoms with E-state index in [1.165, 1.54) is 0 Å². The smallest absolute Gasteiger partial charge is 0.417 e. The highest BCUT2D eigenvalue weighted by atomic mass is 32.1. The molecule has 43 heavy (non-hydrogen) atoms. The Labute approximate surface area is 247 Å². The fraction of sp³-hybridized carbons (Fsp3) is 0.464. The second kappa shape index (κ2) is 10.9. The molecule has 2 aromatic heterocycles. The molecule has 6 rings (SSSR count). The number of aliphatic hydroxyl groups excluding tert-OH is 1. The summed E-state index contributed by atoms with van der Waals surface area (Å²) in [6.07, 6.45) is -4.13. The first kappa shape index (κ1) is 29.7. The van der Waals surface area contributed by atoms with Crippen LogP contribution in [0, 0.1) is 11.6 Å². The van der Waals surface area contributed by atoms with Gasteiger partial charge in [0.2, 0.25) is 0 Å². The quantitative estimate of drug-likeness (QED) is 0.279. The van der Waals surface area contributed by atoms with E-state index >= 15 is 4.39 Å². The van der Waals surface area contributed by atoms with Crippen molar-refractivity contribution in [2.75, 3.05) is 45.0 Å². The summed E-state index contributed by atoms with van der Waals surface area (Å²) in [5.41, 5.74) is 2.78. The van der Waals surface area contributed by atoms with Crippen LogP contribution >= 0.6 is 11.3 Å². The van der Waals surface area contributed by atoms with E-state index in [0.29, 0.717) is 25.8 Å². The van der Waals surface area contributed by atoms with E-state index in [1.54, 1.807) is 19.1 Å². The second-order valence-electron chi connectivity index (χ2n) is 11.0. The Morgan fingerprint density at radius 3 is 2.53 bits per heavy atom. The van der Waals surface area contributed by atoms with Gasteiger partial charge in [-0.2, -0.15) is 23.1 Å². The van der Waals surface area contributed by atoms with E-state index in [2.05, 4.69) is 15.0 Å². The van der Waals surface area contributed by atoms with Crippen molar-refractivity contribution >= 4 is 43.4 Å². The van der Waals surface area contributed by atoms with Gasteiger partial charge in [-0.3, -0.25) is 4.90 Å². The number of nitrogens with two attached hydrogens (primary N) is 1. The number of methoxy groups -OCH3 is 1. The molecule has 0 radical (unpaired) electrons. The van der Waals surface area contributed by atoms with Gasteiger partial charge >= 0.3 is 12.2 Å². The molecule has 3 heterocycles. The van der Waals surface area contributed by atoms with E-state index in [4.69, 9.17) is 15.2 Å². The van der Waals surface area contributed by atoms with Gasteiger partial charge in [-0.05, 0) is 44.5 Å². The zero-order valence-electron chi connectivity index (χ0n) is 23.5. The van der Waals surface area contributed by atoms with Crippen LogP contribution in [-0.4, -0.2) is 83.6 Å². The van der Waals surface area contributed by atoms with Crippen LogP contribution in [0.3, 0.4) is 0 Å². The van der Waals surface area contributed by atoms with E-state index in [1.807, 2.05) is 11.9 Å². The van der Waals surface area contributed by atoms with E-state index < -0.39 is 40.6 Å². The number of thiazole rings is 1. The van der Waals surface area contributed by atoms with Gasteiger partial charge in [-0.25, -0.2) is 13.8 Å². The fourth-order valence-electron chi connectivity index (χ4n) is 5.82. The number of likely N-dealkylation sites (tertiary alicyclic amines) is 1. The van der Waals surface area contributed by atoms with Crippen molar-refractivity contribution in [1.82, 2.24) is 19.9 Å². The van der Waals surface area contributed by atoms with Crippen LogP contribution in [0.15, 0.2) is 18.2 Å². The number of nitrogen functional groups attached to an aromatic ring is 1. The lowest BCUT2D eigenvalue weighted by Crippen LogP contribution is -2.45. The molecule has 230 valence electrons. The molecular weight excluding hydrogens is 595 g/mol. The Kier molecular flexibility index (Phi) is 7.55. The lowest BCUT2D eigenvalue weighted by Gasteiger charge is -2.39. The van der Waals surface area contributed by atoms with Crippen LogP contribution in [0.1, 0.15) is 24.8 Å². The third-order valence-corrected chi connectivity index (χ3v) is 9.23. The SMILES string of the molecule is CO[C@@H]1C[C@@H](COc2nc(N(C)C3CC(O)C3)c3cc(C(F)(F)F)c(-c4ccc(F)c5sc(N)nc45)c(F)c3n2)N(C)C1. The summed E-state index contributed by atoms with van der Waals surface area (Å²) in [6, 6.07) is 2.31. The predicted octanol–water partition coefficient (Wildman–Crippen LogP) is 4.84. The highest BCUT2D eigenvalue weighted by Gasteiger charge is 2.39. The third kappa shape index (κ3) is 5.32. The molecule has 2 aliphatic rings. The van der Waals surface area contributed by atoms with Crippen LogP contribution in [0.5, 0.6) is 6.01 Å². The lowest BCUT2D eigenvalue weighted by molar-refractivity contribution is -0.137. The Hall–Kier alpha value is -3.40. The summed E-state index contributed by atoms with van der Waals surface area (Å²) in [6.45, 7) is 0.825. The minimum atomic E-state index is -5.00. The zero-order chi connectivity index (χ0) is 30.8. The number of fused-ring (bicyclic) bond motifs is 2. The Bertz CT molecular complexity index is 1700. The Morgan fingerprint density at radius 1 is 1.14 bits per heavy atom. The average molecular weight is 625 g/mol. The Morgan fingerprint density at radius 2 is 1.88 bits per heavy atom. The van der Waals surface area contributed by atoms with Gasteiger partial charge in [0, 0.05) is 49.3 Å². The fourth-order valence-corrected chi connectivity index (χ4v) is 6.58. The number of rotatable bonds is 7. The summed E-state index contributed by atoms with van der Waals surface area (Å²) in [4.78, 5) is 16.4. The van der Waals surface area contributed by atoms with Crippen LogP contribution < -0.4 is 15.4 Å². The van der Waals surface area contributed by atoms with Gasteiger partial charge in [-0.15, -0.1) is 0 Å². The van der Waals surface area contributed by atoms with E-state index in [9.17, 15) is 22.7 Å². The molecular formula is C28H29F5N6O3S. The van der Waals surface area contributed by atoms with Crippen LogP contribution in [0.4, 0.5) is 32.9 Å². The van der Waals surface area contributed by atoms with E-state index in [-0.39, 0.29) is 62.9 Å². The number of hydrogen-bond donors (Lipinski definition) is 2. The summed E-state index contributed by atoms with van der Waals surface area (Å²) in [5.74, 6) is -1.98. The van der Waals surface area contributed by atoms with Gasteiger partial charge in [0.1, 0.15) is 23.8 Å². The molecule has 2 fully saturated rings. The number of likely N-dealkylation sites (N-methyl/N-ethyl adjacent to an activating group) is 1. The molecule has 3 N–H and O–H groups in total. The number of aliphatic hydroxyl groups is 1. The summed E-state index contributed by atoms with van der Waals surface area (Å²) in [5, 5.41) is 9.61.